The Morgan fingerprint density at radius 3 is 2.62 bits per heavy atom. The van der Waals surface area contributed by atoms with E-state index in [0.717, 1.165) is 12.8 Å². The molecule has 0 bridgehead atoms. The number of aromatic nitrogens is 2. The number of nitrogens with one attached hydrogen (secondary N) is 3. The number of nitrogens with zero attached hydrogens (tertiary/aromatic N) is 1. The largest absolute Gasteiger partial charge is 0.309 e. The van der Waals surface area contributed by atoms with Crippen LogP contribution >= 0.6 is 0 Å². The van der Waals surface area contributed by atoms with Crippen molar-refractivity contribution >= 4 is 10.0 Å². The molecule has 0 radical (unpaired) electrons. The van der Waals surface area contributed by atoms with Gasteiger partial charge in [0.15, 0.2) is 0 Å². The second kappa shape index (κ2) is 6.89. The van der Waals surface area contributed by atoms with Crippen LogP contribution in [0.3, 0.4) is 0 Å². The SMILES string of the molecule is Cc1[nH]nc(CNC(C)C)c1S(=O)(=O)NCC1CCCC1. The van der Waals surface area contributed by atoms with Gasteiger partial charge >= 0.3 is 0 Å². The molecule has 3 N–H and O–H groups in total. The van der Waals surface area contributed by atoms with Crippen LogP contribution in [0.4, 0.5) is 0 Å². The van der Waals surface area contributed by atoms with Crippen LogP contribution in [0.25, 0.3) is 0 Å². The first-order valence-electron chi connectivity index (χ1n) is 7.67. The predicted molar refractivity (Wildman–Crippen MR) is 82.4 cm³/mol. The van der Waals surface area contributed by atoms with Gasteiger partial charge in [0.2, 0.25) is 10.0 Å². The summed E-state index contributed by atoms with van der Waals surface area (Å²) in [7, 11) is -3.50. The number of hydrogen-bond donors (Lipinski definition) is 3. The van der Waals surface area contributed by atoms with Crippen molar-refractivity contribution in [3.8, 4) is 0 Å². The highest BCUT2D eigenvalue weighted by Crippen LogP contribution is 2.25. The van der Waals surface area contributed by atoms with Gasteiger partial charge in [0.05, 0.1) is 11.4 Å². The predicted octanol–water partition coefficient (Wildman–Crippen LogP) is 1.68. The highest BCUT2D eigenvalue weighted by atomic mass is 32.2. The Morgan fingerprint density at radius 1 is 1.33 bits per heavy atom. The summed E-state index contributed by atoms with van der Waals surface area (Å²) in [6.07, 6.45) is 4.66. The Morgan fingerprint density at radius 2 is 2.00 bits per heavy atom. The Labute approximate surface area is 127 Å². The van der Waals surface area contributed by atoms with Gasteiger partial charge in [-0.3, -0.25) is 5.10 Å². The third kappa shape index (κ3) is 4.28. The van der Waals surface area contributed by atoms with Gasteiger partial charge in [-0.25, -0.2) is 13.1 Å². The van der Waals surface area contributed by atoms with Gasteiger partial charge in [-0.15, -0.1) is 0 Å². The lowest BCUT2D eigenvalue weighted by Crippen LogP contribution is -2.30. The van der Waals surface area contributed by atoms with Crippen LogP contribution in [0.2, 0.25) is 0 Å². The molecule has 2 rings (SSSR count). The highest BCUT2D eigenvalue weighted by molar-refractivity contribution is 7.89. The Kier molecular flexibility index (Phi) is 5.40. The molecule has 1 aromatic heterocycles. The summed E-state index contributed by atoms with van der Waals surface area (Å²) in [6.45, 7) is 6.76. The van der Waals surface area contributed by atoms with E-state index >= 15 is 0 Å². The number of hydrogen-bond acceptors (Lipinski definition) is 4. The summed E-state index contributed by atoms with van der Waals surface area (Å²) in [6, 6.07) is 0.281. The monoisotopic (exact) mass is 314 g/mol. The van der Waals surface area contributed by atoms with Crippen molar-refractivity contribution in [2.24, 2.45) is 5.92 Å². The molecular weight excluding hydrogens is 288 g/mol. The van der Waals surface area contributed by atoms with Gasteiger partial charge < -0.3 is 5.32 Å². The molecule has 0 spiro atoms. The molecule has 0 amide bonds. The van der Waals surface area contributed by atoms with Crippen molar-refractivity contribution in [3.63, 3.8) is 0 Å². The molecule has 1 aliphatic rings. The minimum absolute atomic E-state index is 0.281. The van der Waals surface area contributed by atoms with Gasteiger partial charge in [-0.1, -0.05) is 26.7 Å². The van der Waals surface area contributed by atoms with Crippen LogP contribution in [0.1, 0.15) is 50.9 Å². The fraction of sp³-hybridized carbons (Fsp3) is 0.786. The fourth-order valence-corrected chi connectivity index (χ4v) is 4.24. The van der Waals surface area contributed by atoms with Crippen LogP contribution in [-0.4, -0.2) is 31.2 Å². The minimum atomic E-state index is -3.50. The maximum Gasteiger partial charge on any atom is 0.244 e. The first kappa shape index (κ1) is 16.5. The van der Waals surface area contributed by atoms with Gasteiger partial charge in [0, 0.05) is 19.1 Å². The molecule has 6 nitrogen and oxygen atoms in total. The third-order valence-electron chi connectivity index (χ3n) is 3.94. The van der Waals surface area contributed by atoms with E-state index in [-0.39, 0.29) is 6.04 Å². The van der Waals surface area contributed by atoms with Crippen LogP contribution < -0.4 is 10.0 Å². The molecule has 0 atom stereocenters. The van der Waals surface area contributed by atoms with Crippen LogP contribution in [-0.2, 0) is 16.6 Å². The minimum Gasteiger partial charge on any atom is -0.309 e. The Bertz CT molecular complexity index is 560. The van der Waals surface area contributed by atoms with E-state index < -0.39 is 10.0 Å². The van der Waals surface area contributed by atoms with Crippen molar-refractivity contribution in [3.05, 3.63) is 11.4 Å². The second-order valence-electron chi connectivity index (χ2n) is 6.16. The summed E-state index contributed by atoms with van der Waals surface area (Å²) in [4.78, 5) is 0.300. The Balaban J connectivity index is 2.08. The molecule has 7 heteroatoms. The molecule has 1 aromatic rings. The van der Waals surface area contributed by atoms with Gasteiger partial charge in [0.1, 0.15) is 4.90 Å². The van der Waals surface area contributed by atoms with E-state index in [1.807, 2.05) is 13.8 Å². The molecule has 0 unspecified atom stereocenters. The first-order chi connectivity index (χ1) is 9.90. The molecule has 120 valence electrons. The lowest BCUT2D eigenvalue weighted by atomic mass is 10.1. The smallest absolute Gasteiger partial charge is 0.244 e. The number of H-pyrrole nitrogens is 1. The van der Waals surface area contributed by atoms with Crippen molar-refractivity contribution in [1.29, 1.82) is 0 Å². The Hall–Kier alpha value is -0.920. The molecule has 0 aliphatic heterocycles. The van der Waals surface area contributed by atoms with E-state index in [1.165, 1.54) is 12.8 Å². The van der Waals surface area contributed by atoms with Gasteiger partial charge in [-0.05, 0) is 25.7 Å². The maximum atomic E-state index is 12.5. The molecule has 0 saturated heterocycles. The van der Waals surface area contributed by atoms with Gasteiger partial charge in [-0.2, -0.15) is 5.10 Å². The summed E-state index contributed by atoms with van der Waals surface area (Å²) in [5.74, 6) is 0.476. The quantitative estimate of drug-likeness (QED) is 0.715. The van der Waals surface area contributed by atoms with Crippen LogP contribution in [0.5, 0.6) is 0 Å². The average Bonchev–Trinajstić information content (AvgIpc) is 3.03. The number of aromatic amines is 1. The zero-order valence-electron chi connectivity index (χ0n) is 13.1. The molecule has 1 fully saturated rings. The molecule has 21 heavy (non-hydrogen) atoms. The van der Waals surface area contributed by atoms with Crippen molar-refractivity contribution in [1.82, 2.24) is 20.2 Å². The normalized spacial score (nSPS) is 17.0. The van der Waals surface area contributed by atoms with Crippen LogP contribution in [0.15, 0.2) is 4.90 Å². The molecular formula is C14H26N4O2S. The van der Waals surface area contributed by atoms with E-state index in [1.54, 1.807) is 6.92 Å². The molecule has 1 aliphatic carbocycles. The highest BCUT2D eigenvalue weighted by Gasteiger charge is 2.25. The molecule has 1 saturated carbocycles. The fourth-order valence-electron chi connectivity index (χ4n) is 2.76. The third-order valence-corrected chi connectivity index (χ3v) is 5.57. The van der Waals surface area contributed by atoms with E-state index in [0.29, 0.717) is 35.3 Å². The zero-order chi connectivity index (χ0) is 15.5. The van der Waals surface area contributed by atoms with E-state index in [2.05, 4.69) is 20.2 Å². The molecule has 0 aromatic carbocycles. The number of rotatable bonds is 7. The maximum absolute atomic E-state index is 12.5. The molecule has 1 heterocycles. The van der Waals surface area contributed by atoms with Crippen molar-refractivity contribution in [2.45, 2.75) is 63.9 Å². The van der Waals surface area contributed by atoms with Crippen molar-refractivity contribution < 1.29 is 8.42 Å². The number of sulfonamides is 1. The van der Waals surface area contributed by atoms with E-state index in [4.69, 9.17) is 0 Å². The lowest BCUT2D eigenvalue weighted by Gasteiger charge is -2.12. The first-order valence-corrected chi connectivity index (χ1v) is 9.15. The number of aryl methyl sites for hydroxylation is 1. The second-order valence-corrected chi connectivity index (χ2v) is 7.87. The lowest BCUT2D eigenvalue weighted by molar-refractivity contribution is 0.517. The van der Waals surface area contributed by atoms with Crippen LogP contribution in [0, 0.1) is 12.8 Å². The van der Waals surface area contributed by atoms with Crippen molar-refractivity contribution in [2.75, 3.05) is 6.54 Å². The summed E-state index contributed by atoms with van der Waals surface area (Å²) >= 11 is 0. The van der Waals surface area contributed by atoms with E-state index in [9.17, 15) is 8.42 Å². The summed E-state index contributed by atoms with van der Waals surface area (Å²) < 4.78 is 27.8. The zero-order valence-corrected chi connectivity index (χ0v) is 13.9. The van der Waals surface area contributed by atoms with Gasteiger partial charge in [0.25, 0.3) is 0 Å². The standard InChI is InChI=1S/C14H26N4O2S/c1-10(2)15-9-13-14(11(3)17-18-13)21(19,20)16-8-12-6-4-5-7-12/h10,12,15-16H,4-9H2,1-3H3,(H,17,18). The topological polar surface area (TPSA) is 86.9 Å². The average molecular weight is 314 g/mol. The summed E-state index contributed by atoms with van der Waals surface area (Å²) in [5.41, 5.74) is 1.15. The summed E-state index contributed by atoms with van der Waals surface area (Å²) in [5, 5.41) is 10.1.